The number of nitrogens with one attached hydrogen (secondary N) is 1. The summed E-state index contributed by atoms with van der Waals surface area (Å²) in [5.74, 6) is 1.95. The summed E-state index contributed by atoms with van der Waals surface area (Å²) in [7, 11) is 3.85. The van der Waals surface area contributed by atoms with Crippen molar-refractivity contribution in [2.24, 2.45) is 4.99 Å². The van der Waals surface area contributed by atoms with E-state index in [9.17, 15) is 0 Å². The van der Waals surface area contributed by atoms with Crippen molar-refractivity contribution >= 4 is 47.1 Å². The van der Waals surface area contributed by atoms with Crippen molar-refractivity contribution in [3.63, 3.8) is 0 Å². The number of pyridine rings is 1. The molecule has 0 spiro atoms. The molecule has 142 valence electrons. The van der Waals surface area contributed by atoms with Crippen LogP contribution in [-0.4, -0.2) is 48.0 Å². The maximum Gasteiger partial charge on any atom is 0.194 e. The van der Waals surface area contributed by atoms with Crippen LogP contribution in [0.1, 0.15) is 29.1 Å². The van der Waals surface area contributed by atoms with Gasteiger partial charge in [0.15, 0.2) is 5.96 Å². The number of anilines is 1. The summed E-state index contributed by atoms with van der Waals surface area (Å²) in [6, 6.07) is 4.24. The van der Waals surface area contributed by atoms with Crippen LogP contribution in [0.5, 0.6) is 0 Å². The third-order valence-electron chi connectivity index (χ3n) is 4.33. The Morgan fingerprint density at radius 3 is 2.81 bits per heavy atom. The fraction of sp³-hybridized carbons (Fsp3) is 0.500. The first-order chi connectivity index (χ1) is 12.2. The van der Waals surface area contributed by atoms with Gasteiger partial charge in [-0.2, -0.15) is 0 Å². The minimum atomic E-state index is 0. The van der Waals surface area contributed by atoms with Crippen LogP contribution in [-0.2, 0) is 13.1 Å². The fourth-order valence-electron chi connectivity index (χ4n) is 3.05. The number of aromatic nitrogens is 2. The first-order valence-electron chi connectivity index (χ1n) is 8.68. The van der Waals surface area contributed by atoms with E-state index in [1.807, 2.05) is 27.2 Å². The number of hydrogen-bond donors (Lipinski definition) is 1. The lowest BCUT2D eigenvalue weighted by molar-refractivity contribution is 0.470. The topological polar surface area (TPSA) is 56.7 Å². The molecule has 2 aromatic heterocycles. The van der Waals surface area contributed by atoms with Gasteiger partial charge in [-0.15, -0.1) is 35.3 Å². The largest absolute Gasteiger partial charge is 0.357 e. The Morgan fingerprint density at radius 2 is 2.15 bits per heavy atom. The Hall–Kier alpha value is -1.42. The zero-order valence-electron chi connectivity index (χ0n) is 15.6. The molecular formula is C18H27IN6S. The van der Waals surface area contributed by atoms with E-state index in [1.165, 1.54) is 18.4 Å². The molecule has 3 rings (SSSR count). The minimum absolute atomic E-state index is 0. The molecule has 1 N–H and O–H groups in total. The summed E-state index contributed by atoms with van der Waals surface area (Å²) in [4.78, 5) is 17.9. The monoisotopic (exact) mass is 486 g/mol. The Bertz CT molecular complexity index is 726. The lowest BCUT2D eigenvalue weighted by Crippen LogP contribution is -2.38. The van der Waals surface area contributed by atoms with Crippen molar-refractivity contribution in [3.8, 4) is 0 Å². The molecule has 0 aromatic carbocycles. The molecule has 26 heavy (non-hydrogen) atoms. The van der Waals surface area contributed by atoms with Gasteiger partial charge in [0.2, 0.25) is 0 Å². The quantitative estimate of drug-likeness (QED) is 0.400. The van der Waals surface area contributed by atoms with Crippen LogP contribution in [0.25, 0.3) is 0 Å². The van der Waals surface area contributed by atoms with E-state index in [0.717, 1.165) is 48.7 Å². The highest BCUT2D eigenvalue weighted by Gasteiger charge is 2.14. The minimum Gasteiger partial charge on any atom is -0.357 e. The van der Waals surface area contributed by atoms with E-state index in [-0.39, 0.29) is 24.0 Å². The van der Waals surface area contributed by atoms with Gasteiger partial charge < -0.3 is 15.1 Å². The van der Waals surface area contributed by atoms with E-state index < -0.39 is 0 Å². The molecule has 1 aliphatic rings. The van der Waals surface area contributed by atoms with Crippen LogP contribution in [0.2, 0.25) is 0 Å². The second kappa shape index (κ2) is 10.1. The average Bonchev–Trinajstić information content (AvgIpc) is 3.28. The molecule has 0 unspecified atom stereocenters. The molecule has 6 nitrogen and oxygen atoms in total. The van der Waals surface area contributed by atoms with Gasteiger partial charge in [0.25, 0.3) is 0 Å². The lowest BCUT2D eigenvalue weighted by atomic mass is 10.2. The molecule has 1 saturated heterocycles. The highest BCUT2D eigenvalue weighted by atomic mass is 127. The first-order valence-corrected chi connectivity index (χ1v) is 9.56. The number of halogens is 1. The standard InChI is InChI=1S/C18H26N6S.HI/c1-14-22-16(13-25-14)12-23(3)18(19-2)21-11-15-6-7-20-17(10-15)24-8-4-5-9-24;/h6-7,10,13H,4-5,8-9,11-12H2,1-3H3,(H,19,21);1H. The van der Waals surface area contributed by atoms with E-state index in [1.54, 1.807) is 11.3 Å². The molecule has 2 aromatic rings. The summed E-state index contributed by atoms with van der Waals surface area (Å²) in [5, 5.41) is 6.63. The molecule has 0 saturated carbocycles. The van der Waals surface area contributed by atoms with Gasteiger partial charge in [-0.3, -0.25) is 4.99 Å². The van der Waals surface area contributed by atoms with Crippen molar-refractivity contribution < 1.29 is 0 Å². The molecule has 0 bridgehead atoms. The van der Waals surface area contributed by atoms with Crippen LogP contribution in [0, 0.1) is 6.92 Å². The van der Waals surface area contributed by atoms with Gasteiger partial charge in [0, 0.05) is 45.3 Å². The molecule has 3 heterocycles. The molecular weight excluding hydrogens is 459 g/mol. The summed E-state index contributed by atoms with van der Waals surface area (Å²) >= 11 is 1.68. The van der Waals surface area contributed by atoms with Crippen molar-refractivity contribution in [2.45, 2.75) is 32.9 Å². The third-order valence-corrected chi connectivity index (χ3v) is 5.15. The SMILES string of the molecule is CN=C(NCc1ccnc(N2CCCC2)c1)N(C)Cc1csc(C)n1.I. The summed E-state index contributed by atoms with van der Waals surface area (Å²) < 4.78 is 0. The normalized spacial score (nSPS) is 14.3. The average molecular weight is 486 g/mol. The maximum atomic E-state index is 4.52. The molecule has 0 radical (unpaired) electrons. The van der Waals surface area contributed by atoms with E-state index in [0.29, 0.717) is 0 Å². The van der Waals surface area contributed by atoms with Gasteiger partial charge in [-0.1, -0.05) is 0 Å². The fourth-order valence-corrected chi connectivity index (χ4v) is 3.66. The van der Waals surface area contributed by atoms with Gasteiger partial charge in [0.05, 0.1) is 17.2 Å². The second-order valence-corrected chi connectivity index (χ2v) is 7.39. The molecule has 0 amide bonds. The molecule has 8 heteroatoms. The van der Waals surface area contributed by atoms with E-state index in [2.05, 4.69) is 47.6 Å². The zero-order chi connectivity index (χ0) is 17.6. The van der Waals surface area contributed by atoms with E-state index >= 15 is 0 Å². The third kappa shape index (κ3) is 5.54. The van der Waals surface area contributed by atoms with Gasteiger partial charge >= 0.3 is 0 Å². The van der Waals surface area contributed by atoms with E-state index in [4.69, 9.17) is 0 Å². The molecule has 0 aliphatic carbocycles. The molecule has 1 aliphatic heterocycles. The lowest BCUT2D eigenvalue weighted by Gasteiger charge is -2.22. The zero-order valence-corrected chi connectivity index (χ0v) is 18.8. The van der Waals surface area contributed by atoms with Gasteiger partial charge in [0.1, 0.15) is 5.82 Å². The predicted octanol–water partition coefficient (Wildman–Crippen LogP) is 3.27. The van der Waals surface area contributed by atoms with Gasteiger partial charge in [-0.05, 0) is 37.5 Å². The smallest absolute Gasteiger partial charge is 0.194 e. The Balaban J connectivity index is 0.00000243. The second-order valence-electron chi connectivity index (χ2n) is 6.33. The Kier molecular flexibility index (Phi) is 8.08. The highest BCUT2D eigenvalue weighted by molar-refractivity contribution is 14.0. The van der Waals surface area contributed by atoms with Crippen LogP contribution < -0.4 is 10.2 Å². The van der Waals surface area contributed by atoms with Crippen LogP contribution >= 0.6 is 35.3 Å². The highest BCUT2D eigenvalue weighted by Crippen LogP contribution is 2.18. The number of hydrogen-bond acceptors (Lipinski definition) is 5. The Morgan fingerprint density at radius 1 is 1.38 bits per heavy atom. The van der Waals surface area contributed by atoms with Crippen LogP contribution in [0.4, 0.5) is 5.82 Å². The van der Waals surface area contributed by atoms with Crippen molar-refractivity contribution in [1.29, 1.82) is 0 Å². The number of guanidine groups is 1. The Labute approximate surface area is 176 Å². The predicted molar refractivity (Wildman–Crippen MR) is 120 cm³/mol. The summed E-state index contributed by atoms with van der Waals surface area (Å²) in [6.07, 6.45) is 4.42. The van der Waals surface area contributed by atoms with Crippen molar-refractivity contribution in [1.82, 2.24) is 20.2 Å². The molecule has 0 atom stereocenters. The van der Waals surface area contributed by atoms with Crippen molar-refractivity contribution in [3.05, 3.63) is 40.0 Å². The number of nitrogens with zero attached hydrogens (tertiary/aromatic N) is 5. The number of aryl methyl sites for hydroxylation is 1. The van der Waals surface area contributed by atoms with Crippen LogP contribution in [0.15, 0.2) is 28.7 Å². The first kappa shape index (κ1) is 20.9. The summed E-state index contributed by atoms with van der Waals surface area (Å²) in [5.41, 5.74) is 2.30. The molecule has 1 fully saturated rings. The maximum absolute atomic E-state index is 4.52. The number of aliphatic imine (C=N–C) groups is 1. The summed E-state index contributed by atoms with van der Waals surface area (Å²) in [6.45, 7) is 5.74. The number of thiazole rings is 1. The van der Waals surface area contributed by atoms with Gasteiger partial charge in [-0.25, -0.2) is 9.97 Å². The van der Waals surface area contributed by atoms with Crippen LogP contribution in [0.3, 0.4) is 0 Å². The number of rotatable bonds is 5. The van der Waals surface area contributed by atoms with Crippen molar-refractivity contribution in [2.75, 3.05) is 32.1 Å².